The first-order chi connectivity index (χ1) is 9.81. The number of para-hydroxylation sites is 1. The Hall–Kier alpha value is -1.57. The summed E-state index contributed by atoms with van der Waals surface area (Å²) in [6.45, 7) is 5.06. The van der Waals surface area contributed by atoms with Crippen molar-refractivity contribution in [3.8, 4) is 5.75 Å². The first-order valence-electron chi connectivity index (χ1n) is 7.80. The summed E-state index contributed by atoms with van der Waals surface area (Å²) in [5.41, 5.74) is 2.02. The minimum Gasteiger partial charge on any atom is -0.491 e. The van der Waals surface area contributed by atoms with Gasteiger partial charge in [0.1, 0.15) is 11.3 Å². The Labute approximate surface area is 122 Å². The van der Waals surface area contributed by atoms with Gasteiger partial charge in [0, 0.05) is 11.1 Å². The van der Waals surface area contributed by atoms with Crippen LogP contribution in [0.1, 0.15) is 51.1 Å². The van der Waals surface area contributed by atoms with Gasteiger partial charge in [-0.3, -0.25) is 0 Å². The van der Waals surface area contributed by atoms with E-state index in [0.29, 0.717) is 0 Å². The number of pyridine rings is 1. The number of ether oxygens (including phenoxy) is 1. The van der Waals surface area contributed by atoms with Crippen LogP contribution in [0.4, 0.5) is 0 Å². The average Bonchev–Trinajstić information content (AvgIpc) is 2.46. The van der Waals surface area contributed by atoms with Crippen molar-refractivity contribution in [1.82, 2.24) is 4.98 Å². The Morgan fingerprint density at radius 1 is 0.950 bits per heavy atom. The Morgan fingerprint density at radius 3 is 2.60 bits per heavy atom. The summed E-state index contributed by atoms with van der Waals surface area (Å²) in [5.74, 6) is 0.916. The van der Waals surface area contributed by atoms with Crippen LogP contribution in [0.15, 0.2) is 30.3 Å². The maximum absolute atomic E-state index is 5.92. The second kappa shape index (κ2) is 7.88. The molecule has 0 aliphatic carbocycles. The number of benzene rings is 1. The third-order valence-corrected chi connectivity index (χ3v) is 3.58. The van der Waals surface area contributed by atoms with E-state index in [-0.39, 0.29) is 0 Å². The van der Waals surface area contributed by atoms with Crippen LogP contribution >= 0.6 is 0 Å². The molecular formula is C18H25NO. The van der Waals surface area contributed by atoms with Crippen molar-refractivity contribution in [1.29, 1.82) is 0 Å². The maximum Gasteiger partial charge on any atom is 0.145 e. The Kier molecular flexibility index (Phi) is 5.85. The number of unbranched alkanes of at least 4 members (excludes halogenated alkanes) is 5. The van der Waals surface area contributed by atoms with Crippen molar-refractivity contribution in [2.75, 3.05) is 6.61 Å². The van der Waals surface area contributed by atoms with Crippen molar-refractivity contribution in [3.63, 3.8) is 0 Å². The smallest absolute Gasteiger partial charge is 0.145 e. The van der Waals surface area contributed by atoms with Gasteiger partial charge >= 0.3 is 0 Å². The van der Waals surface area contributed by atoms with Crippen LogP contribution in [-0.2, 0) is 0 Å². The van der Waals surface area contributed by atoms with Gasteiger partial charge in [-0.2, -0.15) is 0 Å². The highest BCUT2D eigenvalue weighted by Crippen LogP contribution is 2.24. The van der Waals surface area contributed by atoms with Crippen LogP contribution in [0.25, 0.3) is 10.9 Å². The van der Waals surface area contributed by atoms with E-state index in [1.165, 1.54) is 32.1 Å². The third kappa shape index (κ3) is 4.22. The molecule has 2 heteroatoms. The number of rotatable bonds is 8. The van der Waals surface area contributed by atoms with Gasteiger partial charge in [0.25, 0.3) is 0 Å². The van der Waals surface area contributed by atoms with E-state index < -0.39 is 0 Å². The van der Waals surface area contributed by atoms with Gasteiger partial charge in [-0.05, 0) is 25.5 Å². The Morgan fingerprint density at radius 2 is 1.75 bits per heavy atom. The lowest BCUT2D eigenvalue weighted by Crippen LogP contribution is -1.99. The molecule has 0 unspecified atom stereocenters. The lowest BCUT2D eigenvalue weighted by atomic mass is 10.1. The molecule has 108 valence electrons. The van der Waals surface area contributed by atoms with Crippen molar-refractivity contribution >= 4 is 10.9 Å². The highest BCUT2D eigenvalue weighted by Gasteiger charge is 2.03. The molecule has 0 saturated heterocycles. The second-order valence-corrected chi connectivity index (χ2v) is 5.40. The zero-order valence-corrected chi connectivity index (χ0v) is 12.7. The van der Waals surface area contributed by atoms with Crippen LogP contribution in [-0.4, -0.2) is 11.6 Å². The van der Waals surface area contributed by atoms with E-state index in [9.17, 15) is 0 Å². The van der Waals surface area contributed by atoms with Gasteiger partial charge in [-0.25, -0.2) is 4.98 Å². The zero-order valence-electron chi connectivity index (χ0n) is 12.7. The summed E-state index contributed by atoms with van der Waals surface area (Å²) in [5, 5.41) is 1.15. The summed E-state index contributed by atoms with van der Waals surface area (Å²) in [6, 6.07) is 10.3. The number of aryl methyl sites for hydroxylation is 1. The molecule has 0 saturated carbocycles. The second-order valence-electron chi connectivity index (χ2n) is 5.40. The highest BCUT2D eigenvalue weighted by atomic mass is 16.5. The maximum atomic E-state index is 5.92. The summed E-state index contributed by atoms with van der Waals surface area (Å²) >= 11 is 0. The lowest BCUT2D eigenvalue weighted by molar-refractivity contribution is 0.307. The zero-order chi connectivity index (χ0) is 14.2. The van der Waals surface area contributed by atoms with E-state index in [0.717, 1.165) is 35.4 Å². The molecule has 0 N–H and O–H groups in total. The average molecular weight is 271 g/mol. The van der Waals surface area contributed by atoms with Crippen molar-refractivity contribution in [3.05, 3.63) is 36.0 Å². The van der Waals surface area contributed by atoms with E-state index in [1.807, 2.05) is 25.1 Å². The normalized spacial score (nSPS) is 10.9. The van der Waals surface area contributed by atoms with Crippen molar-refractivity contribution < 1.29 is 4.74 Å². The lowest BCUT2D eigenvalue weighted by Gasteiger charge is -2.09. The predicted octanol–water partition coefficient (Wildman–Crippen LogP) is 5.28. The minimum absolute atomic E-state index is 0.793. The molecule has 0 amide bonds. The number of aromatic nitrogens is 1. The van der Waals surface area contributed by atoms with E-state index in [2.05, 4.69) is 24.0 Å². The predicted molar refractivity (Wildman–Crippen MR) is 85.4 cm³/mol. The Bertz CT molecular complexity index is 536. The van der Waals surface area contributed by atoms with Gasteiger partial charge in [0.05, 0.1) is 6.61 Å². The first-order valence-corrected chi connectivity index (χ1v) is 7.80. The van der Waals surface area contributed by atoms with E-state index in [4.69, 9.17) is 4.74 Å². The molecule has 0 fully saturated rings. The molecule has 1 aromatic carbocycles. The fourth-order valence-corrected chi connectivity index (χ4v) is 2.40. The fraction of sp³-hybridized carbons (Fsp3) is 0.500. The fourth-order valence-electron chi connectivity index (χ4n) is 2.40. The van der Waals surface area contributed by atoms with Crippen LogP contribution in [0.2, 0.25) is 0 Å². The molecule has 1 aromatic heterocycles. The molecule has 0 spiro atoms. The number of hydrogen-bond acceptors (Lipinski definition) is 2. The van der Waals surface area contributed by atoms with E-state index in [1.54, 1.807) is 0 Å². The standard InChI is InChI=1S/C18H25NO/c1-3-4-5-6-7-8-14-20-17-11-9-10-16-13-12-15(2)19-18(16)17/h9-13H,3-8,14H2,1-2H3. The van der Waals surface area contributed by atoms with Gasteiger partial charge in [-0.1, -0.05) is 57.2 Å². The van der Waals surface area contributed by atoms with Crippen LogP contribution < -0.4 is 4.74 Å². The van der Waals surface area contributed by atoms with Gasteiger partial charge < -0.3 is 4.74 Å². The summed E-state index contributed by atoms with van der Waals surface area (Å²) < 4.78 is 5.92. The molecule has 0 bridgehead atoms. The number of hydrogen-bond donors (Lipinski definition) is 0. The molecule has 2 nitrogen and oxygen atoms in total. The van der Waals surface area contributed by atoms with Crippen LogP contribution in [0.3, 0.4) is 0 Å². The van der Waals surface area contributed by atoms with E-state index >= 15 is 0 Å². The molecule has 1 heterocycles. The summed E-state index contributed by atoms with van der Waals surface area (Å²) in [6.07, 6.45) is 7.73. The largest absolute Gasteiger partial charge is 0.491 e. The molecule has 2 aromatic rings. The summed E-state index contributed by atoms with van der Waals surface area (Å²) in [4.78, 5) is 4.59. The molecule has 20 heavy (non-hydrogen) atoms. The molecular weight excluding hydrogens is 246 g/mol. The molecule has 2 rings (SSSR count). The quantitative estimate of drug-likeness (QED) is 0.609. The minimum atomic E-state index is 0.793. The SMILES string of the molecule is CCCCCCCCOc1cccc2ccc(C)nc12. The van der Waals surface area contributed by atoms with Crippen LogP contribution in [0.5, 0.6) is 5.75 Å². The molecule has 0 radical (unpaired) electrons. The monoisotopic (exact) mass is 271 g/mol. The topological polar surface area (TPSA) is 22.1 Å². The third-order valence-electron chi connectivity index (χ3n) is 3.58. The Balaban J connectivity index is 1.85. The summed E-state index contributed by atoms with van der Waals surface area (Å²) in [7, 11) is 0. The van der Waals surface area contributed by atoms with Crippen LogP contribution in [0, 0.1) is 6.92 Å². The number of fused-ring (bicyclic) bond motifs is 1. The molecule has 0 atom stereocenters. The van der Waals surface area contributed by atoms with Crippen molar-refractivity contribution in [2.24, 2.45) is 0 Å². The first kappa shape index (κ1) is 14.8. The molecule has 0 aliphatic heterocycles. The van der Waals surface area contributed by atoms with Gasteiger partial charge in [0.2, 0.25) is 0 Å². The van der Waals surface area contributed by atoms with Gasteiger partial charge in [-0.15, -0.1) is 0 Å². The molecule has 0 aliphatic rings. The van der Waals surface area contributed by atoms with Crippen molar-refractivity contribution in [2.45, 2.75) is 52.4 Å². The number of nitrogens with zero attached hydrogens (tertiary/aromatic N) is 1. The van der Waals surface area contributed by atoms with Gasteiger partial charge in [0.15, 0.2) is 0 Å². The highest BCUT2D eigenvalue weighted by molar-refractivity contribution is 5.84.